The number of nitrogens with two attached hydrogens (primary N) is 1. The molecule has 4 heterocycles. The molecule has 1 amide bonds. The van der Waals surface area contributed by atoms with E-state index in [9.17, 15) is 4.79 Å². The molecular weight excluding hydrogens is 334 g/mol. The van der Waals surface area contributed by atoms with Gasteiger partial charge in [-0.2, -0.15) is 0 Å². The number of ether oxygens (including phenoxy) is 2. The van der Waals surface area contributed by atoms with Crippen LogP contribution in [0.15, 0.2) is 24.4 Å². The average molecular weight is 353 g/mol. The molecule has 134 valence electrons. The predicted molar refractivity (Wildman–Crippen MR) is 95.3 cm³/mol. The zero-order valence-corrected chi connectivity index (χ0v) is 14.4. The van der Waals surface area contributed by atoms with Crippen LogP contribution in [0.2, 0.25) is 0 Å². The first-order valence-electron chi connectivity index (χ1n) is 8.71. The minimum atomic E-state index is -0.0813. The molecule has 2 atom stereocenters. The van der Waals surface area contributed by atoms with Gasteiger partial charge in [-0.3, -0.25) is 9.20 Å². The van der Waals surface area contributed by atoms with Gasteiger partial charge in [-0.25, -0.2) is 9.97 Å². The lowest BCUT2D eigenvalue weighted by atomic mass is 10.1. The molecule has 26 heavy (non-hydrogen) atoms. The molecule has 2 aliphatic rings. The van der Waals surface area contributed by atoms with Crippen molar-refractivity contribution in [3.8, 4) is 5.75 Å². The third kappa shape index (κ3) is 2.08. The summed E-state index contributed by atoms with van der Waals surface area (Å²) in [6.45, 7) is 1.41. The quantitative estimate of drug-likeness (QED) is 0.750. The van der Waals surface area contributed by atoms with Gasteiger partial charge in [0.1, 0.15) is 22.6 Å². The Bertz CT molecular complexity index is 1030. The summed E-state index contributed by atoms with van der Waals surface area (Å²) in [4.78, 5) is 23.9. The monoisotopic (exact) mass is 353 g/mol. The lowest BCUT2D eigenvalue weighted by Crippen LogP contribution is -2.37. The van der Waals surface area contributed by atoms with Crippen molar-refractivity contribution >= 4 is 28.4 Å². The molecule has 3 aromatic rings. The summed E-state index contributed by atoms with van der Waals surface area (Å²) in [6.07, 6.45) is 3.59. The number of rotatable bonds is 2. The highest BCUT2D eigenvalue weighted by Gasteiger charge is 2.41. The summed E-state index contributed by atoms with van der Waals surface area (Å²) in [6, 6.07) is 5.75. The standard InChI is InChI=1S/C18H19N5O3/c1-25-14-4-2-3-10-15(14)21-18(19)23-9-11(20-16(10)23)17(24)22-7-5-13-12(22)6-8-26-13/h2-4,9,12-13H,5-8H2,1H3,(H2,19,21). The van der Waals surface area contributed by atoms with Crippen molar-refractivity contribution in [2.24, 2.45) is 0 Å². The molecule has 2 aromatic heterocycles. The van der Waals surface area contributed by atoms with Crippen LogP contribution in [0.25, 0.3) is 16.6 Å². The molecule has 1 aromatic carbocycles. The summed E-state index contributed by atoms with van der Waals surface area (Å²) < 4.78 is 12.7. The van der Waals surface area contributed by atoms with Crippen LogP contribution in [0.3, 0.4) is 0 Å². The highest BCUT2D eigenvalue weighted by molar-refractivity contribution is 5.99. The van der Waals surface area contributed by atoms with Crippen molar-refractivity contribution in [2.45, 2.75) is 25.0 Å². The van der Waals surface area contributed by atoms with E-state index in [1.807, 2.05) is 23.1 Å². The van der Waals surface area contributed by atoms with Crippen molar-refractivity contribution < 1.29 is 14.3 Å². The molecule has 0 spiro atoms. The molecule has 8 nitrogen and oxygen atoms in total. The summed E-state index contributed by atoms with van der Waals surface area (Å²) in [5.74, 6) is 0.812. The number of para-hydroxylation sites is 1. The van der Waals surface area contributed by atoms with Crippen LogP contribution in [0.1, 0.15) is 23.3 Å². The number of aromatic nitrogens is 3. The van der Waals surface area contributed by atoms with Crippen LogP contribution in [-0.4, -0.2) is 57.6 Å². The maximum absolute atomic E-state index is 13.0. The molecule has 2 N–H and O–H groups in total. The molecule has 0 radical (unpaired) electrons. The highest BCUT2D eigenvalue weighted by atomic mass is 16.5. The molecule has 0 bridgehead atoms. The smallest absolute Gasteiger partial charge is 0.274 e. The zero-order chi connectivity index (χ0) is 17.8. The van der Waals surface area contributed by atoms with E-state index < -0.39 is 0 Å². The van der Waals surface area contributed by atoms with Gasteiger partial charge in [-0.15, -0.1) is 0 Å². The summed E-state index contributed by atoms with van der Waals surface area (Å²) in [5, 5.41) is 0.793. The number of hydrogen-bond donors (Lipinski definition) is 1. The third-order valence-electron chi connectivity index (χ3n) is 5.35. The number of fused-ring (bicyclic) bond motifs is 4. The topological polar surface area (TPSA) is 95.0 Å². The van der Waals surface area contributed by atoms with Gasteiger partial charge in [0.15, 0.2) is 0 Å². The first kappa shape index (κ1) is 15.4. The van der Waals surface area contributed by atoms with Gasteiger partial charge in [-0.05, 0) is 25.0 Å². The van der Waals surface area contributed by atoms with Gasteiger partial charge >= 0.3 is 0 Å². The molecule has 0 aliphatic carbocycles. The minimum absolute atomic E-state index is 0.0813. The van der Waals surface area contributed by atoms with Gasteiger partial charge in [0.05, 0.1) is 19.3 Å². The fourth-order valence-corrected chi connectivity index (χ4v) is 4.10. The normalized spacial score (nSPS) is 22.3. The van der Waals surface area contributed by atoms with Gasteiger partial charge in [-0.1, -0.05) is 6.07 Å². The second-order valence-electron chi connectivity index (χ2n) is 6.70. The second-order valence-corrected chi connectivity index (χ2v) is 6.70. The van der Waals surface area contributed by atoms with Crippen LogP contribution < -0.4 is 10.5 Å². The Kier molecular flexibility index (Phi) is 3.30. The predicted octanol–water partition coefficient (Wildman–Crippen LogP) is 1.48. The molecule has 2 saturated heterocycles. The van der Waals surface area contributed by atoms with E-state index in [4.69, 9.17) is 15.2 Å². The third-order valence-corrected chi connectivity index (χ3v) is 5.35. The number of carbonyl (C=O) groups excluding carboxylic acids is 1. The zero-order valence-electron chi connectivity index (χ0n) is 14.4. The number of likely N-dealkylation sites (tertiary alicyclic amines) is 1. The molecule has 5 rings (SSSR count). The number of imidazole rings is 1. The number of nitrogen functional groups attached to an aromatic ring is 1. The number of amides is 1. The van der Waals surface area contributed by atoms with E-state index in [1.165, 1.54) is 0 Å². The average Bonchev–Trinajstić information content (AvgIpc) is 3.36. The van der Waals surface area contributed by atoms with Gasteiger partial charge in [0.2, 0.25) is 5.95 Å². The van der Waals surface area contributed by atoms with Gasteiger partial charge < -0.3 is 20.1 Å². The number of anilines is 1. The lowest BCUT2D eigenvalue weighted by Gasteiger charge is -2.21. The summed E-state index contributed by atoms with van der Waals surface area (Å²) >= 11 is 0. The van der Waals surface area contributed by atoms with E-state index in [-0.39, 0.29) is 24.0 Å². The Morgan fingerprint density at radius 3 is 3.08 bits per heavy atom. The number of benzene rings is 1. The summed E-state index contributed by atoms with van der Waals surface area (Å²) in [7, 11) is 1.59. The van der Waals surface area contributed by atoms with E-state index in [0.717, 1.165) is 18.2 Å². The van der Waals surface area contributed by atoms with Gasteiger partial charge in [0, 0.05) is 24.7 Å². The van der Waals surface area contributed by atoms with E-state index in [1.54, 1.807) is 17.7 Å². The largest absolute Gasteiger partial charge is 0.494 e. The van der Waals surface area contributed by atoms with Crippen molar-refractivity contribution in [1.29, 1.82) is 0 Å². The molecule has 2 fully saturated rings. The Morgan fingerprint density at radius 2 is 2.23 bits per heavy atom. The van der Waals surface area contributed by atoms with Crippen LogP contribution in [0.5, 0.6) is 5.75 Å². The van der Waals surface area contributed by atoms with Crippen LogP contribution in [0.4, 0.5) is 5.95 Å². The molecule has 8 heteroatoms. The van der Waals surface area contributed by atoms with Crippen molar-refractivity contribution in [2.75, 3.05) is 26.0 Å². The Balaban J connectivity index is 1.62. The fraction of sp³-hybridized carbons (Fsp3) is 0.389. The van der Waals surface area contributed by atoms with E-state index in [2.05, 4.69) is 9.97 Å². The second kappa shape index (κ2) is 5.57. The number of nitrogens with zero attached hydrogens (tertiary/aromatic N) is 4. The lowest BCUT2D eigenvalue weighted by molar-refractivity contribution is 0.0695. The molecule has 2 unspecified atom stereocenters. The summed E-state index contributed by atoms with van der Waals surface area (Å²) in [5.41, 5.74) is 7.73. The van der Waals surface area contributed by atoms with E-state index in [0.29, 0.717) is 35.8 Å². The van der Waals surface area contributed by atoms with E-state index >= 15 is 0 Å². The van der Waals surface area contributed by atoms with Crippen LogP contribution in [-0.2, 0) is 4.74 Å². The van der Waals surface area contributed by atoms with Crippen molar-refractivity contribution in [1.82, 2.24) is 19.3 Å². The molecular formula is C18H19N5O3. The van der Waals surface area contributed by atoms with Crippen LogP contribution >= 0.6 is 0 Å². The Morgan fingerprint density at radius 1 is 1.35 bits per heavy atom. The number of methoxy groups -OCH3 is 1. The minimum Gasteiger partial charge on any atom is -0.494 e. The Labute approximate surface area is 149 Å². The van der Waals surface area contributed by atoms with Crippen molar-refractivity contribution in [3.05, 3.63) is 30.1 Å². The SMILES string of the molecule is COc1cccc2c1nc(N)n1cc(C(=O)N3CCC4OCCC43)nc21. The van der Waals surface area contributed by atoms with Gasteiger partial charge in [0.25, 0.3) is 5.91 Å². The fourth-order valence-electron chi connectivity index (χ4n) is 4.10. The maximum Gasteiger partial charge on any atom is 0.274 e. The molecule has 2 aliphatic heterocycles. The highest BCUT2D eigenvalue weighted by Crippen LogP contribution is 2.31. The van der Waals surface area contributed by atoms with Crippen molar-refractivity contribution in [3.63, 3.8) is 0 Å². The van der Waals surface area contributed by atoms with Crippen LogP contribution in [0, 0.1) is 0 Å². The first-order chi connectivity index (χ1) is 12.7. The Hall–Kier alpha value is -2.87. The number of hydrogen-bond acceptors (Lipinski definition) is 6. The maximum atomic E-state index is 13.0. The number of carbonyl (C=O) groups is 1. The first-order valence-corrected chi connectivity index (χ1v) is 8.71. The molecule has 0 saturated carbocycles.